The predicted molar refractivity (Wildman–Crippen MR) is 92.2 cm³/mol. The SMILES string of the molecule is CC(=O)N[C@@H]1N=C(c2ccccc2)c2cccc3c2N(CC3)C1=O. The largest absolute Gasteiger partial charge is 0.327 e. The molecule has 0 fully saturated rings. The predicted octanol–water partition coefficient (Wildman–Crippen LogP) is 1.89. The van der Waals surface area contributed by atoms with Crippen molar-refractivity contribution >= 4 is 23.2 Å². The Balaban J connectivity index is 1.94. The van der Waals surface area contributed by atoms with Gasteiger partial charge in [0.15, 0.2) is 0 Å². The molecule has 0 unspecified atom stereocenters. The maximum Gasteiger partial charge on any atom is 0.272 e. The Morgan fingerprint density at radius 3 is 2.71 bits per heavy atom. The molecule has 2 aliphatic rings. The Bertz CT molecular complexity index is 858. The molecule has 4 rings (SSSR count). The Kier molecular flexibility index (Phi) is 3.41. The third kappa shape index (κ3) is 2.29. The maximum atomic E-state index is 12.9. The van der Waals surface area contributed by atoms with Crippen molar-refractivity contribution in [2.45, 2.75) is 19.5 Å². The van der Waals surface area contributed by atoms with Gasteiger partial charge in [-0.3, -0.25) is 9.59 Å². The zero-order chi connectivity index (χ0) is 16.7. The normalized spacial score (nSPS) is 18.7. The molecule has 0 saturated carbocycles. The van der Waals surface area contributed by atoms with Crippen LogP contribution in [-0.2, 0) is 16.0 Å². The first-order valence-electron chi connectivity index (χ1n) is 7.99. The van der Waals surface area contributed by atoms with Crippen LogP contribution in [0.4, 0.5) is 5.69 Å². The van der Waals surface area contributed by atoms with Crippen LogP contribution >= 0.6 is 0 Å². The van der Waals surface area contributed by atoms with Crippen LogP contribution in [0.5, 0.6) is 0 Å². The number of aliphatic imine (C=N–C) groups is 1. The van der Waals surface area contributed by atoms with Crippen LogP contribution in [0, 0.1) is 0 Å². The summed E-state index contributed by atoms with van der Waals surface area (Å²) in [6.07, 6.45) is -0.0694. The van der Waals surface area contributed by atoms with Crippen molar-refractivity contribution in [2.24, 2.45) is 4.99 Å². The highest BCUT2D eigenvalue weighted by molar-refractivity contribution is 6.21. The molecular formula is C19H17N3O2. The first-order chi connectivity index (χ1) is 11.6. The molecule has 0 aliphatic carbocycles. The van der Waals surface area contributed by atoms with Crippen molar-refractivity contribution in [3.05, 3.63) is 65.2 Å². The quantitative estimate of drug-likeness (QED) is 0.919. The van der Waals surface area contributed by atoms with Gasteiger partial charge < -0.3 is 10.2 Å². The summed E-state index contributed by atoms with van der Waals surface area (Å²) in [5, 5.41) is 2.68. The summed E-state index contributed by atoms with van der Waals surface area (Å²) < 4.78 is 0. The molecular weight excluding hydrogens is 302 g/mol. The highest BCUT2D eigenvalue weighted by Gasteiger charge is 2.36. The molecule has 1 atom stereocenters. The Morgan fingerprint density at radius 1 is 1.17 bits per heavy atom. The molecule has 0 spiro atoms. The highest BCUT2D eigenvalue weighted by atomic mass is 16.2. The van der Waals surface area contributed by atoms with E-state index in [1.54, 1.807) is 4.90 Å². The second-order valence-corrected chi connectivity index (χ2v) is 6.00. The van der Waals surface area contributed by atoms with Gasteiger partial charge in [0.1, 0.15) is 0 Å². The molecule has 0 aromatic heterocycles. The number of carbonyl (C=O) groups excluding carboxylic acids is 2. The summed E-state index contributed by atoms with van der Waals surface area (Å²) in [4.78, 5) is 30.8. The second kappa shape index (κ2) is 5.60. The molecule has 2 heterocycles. The lowest BCUT2D eigenvalue weighted by atomic mass is 9.98. The van der Waals surface area contributed by atoms with E-state index in [2.05, 4.69) is 10.3 Å². The van der Waals surface area contributed by atoms with Crippen LogP contribution in [0.2, 0.25) is 0 Å². The average Bonchev–Trinajstić information content (AvgIpc) is 2.98. The molecule has 1 N–H and O–H groups in total. The fourth-order valence-corrected chi connectivity index (χ4v) is 3.38. The minimum absolute atomic E-state index is 0.178. The van der Waals surface area contributed by atoms with Crippen LogP contribution < -0.4 is 10.2 Å². The van der Waals surface area contributed by atoms with Gasteiger partial charge in [0.2, 0.25) is 12.1 Å². The van der Waals surface area contributed by atoms with Gasteiger partial charge in [0, 0.05) is 24.6 Å². The number of nitrogens with one attached hydrogen (secondary N) is 1. The number of benzene rings is 2. The average molecular weight is 319 g/mol. The second-order valence-electron chi connectivity index (χ2n) is 6.00. The van der Waals surface area contributed by atoms with Crippen LogP contribution in [-0.4, -0.2) is 30.2 Å². The van der Waals surface area contributed by atoms with Crippen LogP contribution in [0.15, 0.2) is 53.5 Å². The van der Waals surface area contributed by atoms with E-state index in [1.165, 1.54) is 6.92 Å². The zero-order valence-electron chi connectivity index (χ0n) is 13.3. The third-order valence-electron chi connectivity index (χ3n) is 4.39. The van der Waals surface area contributed by atoms with Crippen molar-refractivity contribution in [1.29, 1.82) is 0 Å². The molecule has 24 heavy (non-hydrogen) atoms. The van der Waals surface area contributed by atoms with Gasteiger partial charge in [-0.05, 0) is 12.0 Å². The lowest BCUT2D eigenvalue weighted by molar-refractivity contribution is -0.126. The first kappa shape index (κ1) is 14.6. The Labute approximate surface area is 140 Å². The summed E-state index contributed by atoms with van der Waals surface area (Å²) in [5.41, 5.74) is 4.69. The number of hydrogen-bond acceptors (Lipinski definition) is 3. The monoisotopic (exact) mass is 319 g/mol. The van der Waals surface area contributed by atoms with E-state index < -0.39 is 6.17 Å². The minimum Gasteiger partial charge on any atom is -0.327 e. The molecule has 120 valence electrons. The van der Waals surface area contributed by atoms with E-state index in [0.29, 0.717) is 6.54 Å². The molecule has 5 heteroatoms. The fraction of sp³-hybridized carbons (Fsp3) is 0.211. The van der Waals surface area contributed by atoms with E-state index >= 15 is 0 Å². The van der Waals surface area contributed by atoms with Gasteiger partial charge >= 0.3 is 0 Å². The molecule has 0 saturated heterocycles. The summed E-state index contributed by atoms with van der Waals surface area (Å²) in [7, 11) is 0. The van der Waals surface area contributed by atoms with Crippen molar-refractivity contribution in [3.8, 4) is 0 Å². The van der Waals surface area contributed by atoms with E-state index in [-0.39, 0.29) is 11.8 Å². The van der Waals surface area contributed by atoms with Gasteiger partial charge in [0.05, 0.1) is 11.4 Å². The fourth-order valence-electron chi connectivity index (χ4n) is 3.38. The van der Waals surface area contributed by atoms with Crippen LogP contribution in [0.3, 0.4) is 0 Å². The van der Waals surface area contributed by atoms with Gasteiger partial charge in [0.25, 0.3) is 5.91 Å². The molecule has 2 aromatic rings. The lowest BCUT2D eigenvalue weighted by Crippen LogP contribution is -2.46. The summed E-state index contributed by atoms with van der Waals surface area (Å²) in [6, 6.07) is 15.8. The van der Waals surface area contributed by atoms with Gasteiger partial charge in [-0.2, -0.15) is 0 Å². The number of para-hydroxylation sites is 1. The third-order valence-corrected chi connectivity index (χ3v) is 4.39. The Morgan fingerprint density at radius 2 is 1.96 bits per heavy atom. The number of carbonyl (C=O) groups is 2. The van der Waals surface area contributed by atoms with Gasteiger partial charge in [-0.25, -0.2) is 4.99 Å². The standard InChI is InChI=1S/C19H17N3O2/c1-12(23)20-18-19(24)22-11-10-14-8-5-9-15(17(14)22)16(21-18)13-6-3-2-4-7-13/h2-9,18H,10-11H2,1H3,(H,20,23)/t18-/m1/s1. The number of amides is 2. The van der Waals surface area contributed by atoms with Gasteiger partial charge in [-0.1, -0.05) is 48.5 Å². The van der Waals surface area contributed by atoms with E-state index in [9.17, 15) is 9.59 Å². The molecule has 0 bridgehead atoms. The smallest absolute Gasteiger partial charge is 0.272 e. The number of hydrogen-bond donors (Lipinski definition) is 1. The van der Waals surface area contributed by atoms with E-state index in [1.807, 2.05) is 48.5 Å². The number of nitrogens with zero attached hydrogens (tertiary/aromatic N) is 2. The molecule has 2 aromatic carbocycles. The molecule has 2 amide bonds. The molecule has 5 nitrogen and oxygen atoms in total. The van der Waals surface area contributed by atoms with Crippen molar-refractivity contribution in [2.75, 3.05) is 11.4 Å². The van der Waals surface area contributed by atoms with Crippen molar-refractivity contribution < 1.29 is 9.59 Å². The van der Waals surface area contributed by atoms with E-state index in [0.717, 1.165) is 34.5 Å². The van der Waals surface area contributed by atoms with Crippen LogP contribution in [0.1, 0.15) is 23.6 Å². The number of rotatable bonds is 2. The van der Waals surface area contributed by atoms with Crippen LogP contribution in [0.25, 0.3) is 0 Å². The summed E-state index contributed by atoms with van der Waals surface area (Å²) in [5.74, 6) is -0.447. The van der Waals surface area contributed by atoms with Gasteiger partial charge in [-0.15, -0.1) is 0 Å². The Hall–Kier alpha value is -2.95. The number of anilines is 1. The summed E-state index contributed by atoms with van der Waals surface area (Å²) >= 11 is 0. The summed E-state index contributed by atoms with van der Waals surface area (Å²) in [6.45, 7) is 2.03. The van der Waals surface area contributed by atoms with E-state index in [4.69, 9.17) is 0 Å². The topological polar surface area (TPSA) is 61.8 Å². The van der Waals surface area contributed by atoms with Crippen molar-refractivity contribution in [1.82, 2.24) is 5.32 Å². The lowest BCUT2D eigenvalue weighted by Gasteiger charge is -2.20. The molecule has 2 aliphatic heterocycles. The minimum atomic E-state index is -0.893. The maximum absolute atomic E-state index is 12.9. The first-order valence-corrected chi connectivity index (χ1v) is 7.99. The highest BCUT2D eigenvalue weighted by Crippen LogP contribution is 2.36. The van der Waals surface area contributed by atoms with Crippen molar-refractivity contribution in [3.63, 3.8) is 0 Å². The molecule has 0 radical (unpaired) electrons. The zero-order valence-corrected chi connectivity index (χ0v) is 13.3.